The second-order valence-electron chi connectivity index (χ2n) is 6.86. The molecule has 1 amide bonds. The van der Waals surface area contributed by atoms with Crippen LogP contribution >= 0.6 is 0 Å². The van der Waals surface area contributed by atoms with Crippen molar-refractivity contribution in [3.05, 3.63) is 59.2 Å². The number of ketones is 1. The van der Waals surface area contributed by atoms with E-state index in [2.05, 4.69) is 5.32 Å². The number of ether oxygens (including phenoxy) is 2. The number of fused-ring (bicyclic) bond motifs is 1. The largest absolute Gasteiger partial charge is 0.494 e. The fraction of sp³-hybridized carbons (Fsp3) is 0.318. The van der Waals surface area contributed by atoms with Crippen LogP contribution < -0.4 is 10.1 Å². The molecule has 0 radical (unpaired) electrons. The molecule has 0 aliphatic carbocycles. The highest BCUT2D eigenvalue weighted by Crippen LogP contribution is 2.32. The van der Waals surface area contributed by atoms with Crippen LogP contribution in [0.2, 0.25) is 0 Å². The molecule has 28 heavy (non-hydrogen) atoms. The van der Waals surface area contributed by atoms with Gasteiger partial charge in [-0.2, -0.15) is 0 Å². The molecule has 6 nitrogen and oxygen atoms in total. The third-order valence-corrected chi connectivity index (χ3v) is 4.67. The average molecular weight is 381 g/mol. The van der Waals surface area contributed by atoms with Crippen molar-refractivity contribution in [1.82, 2.24) is 0 Å². The fourth-order valence-corrected chi connectivity index (χ4v) is 2.93. The van der Waals surface area contributed by atoms with Gasteiger partial charge in [0.2, 0.25) is 5.91 Å². The summed E-state index contributed by atoms with van der Waals surface area (Å²) in [4.78, 5) is 35.8. The molecule has 0 spiro atoms. The number of esters is 1. The van der Waals surface area contributed by atoms with Crippen LogP contribution in [0.15, 0.2) is 42.5 Å². The average Bonchev–Trinajstić information content (AvgIpc) is 2.98. The van der Waals surface area contributed by atoms with E-state index in [1.165, 1.54) is 0 Å². The zero-order chi connectivity index (χ0) is 20.1. The Hall–Kier alpha value is -3.15. The van der Waals surface area contributed by atoms with E-state index in [4.69, 9.17) is 9.47 Å². The molecule has 1 aliphatic rings. The number of hydrogen-bond donors (Lipinski definition) is 1. The number of aryl methyl sites for hydroxylation is 1. The van der Waals surface area contributed by atoms with E-state index in [0.29, 0.717) is 18.6 Å². The maximum absolute atomic E-state index is 12.3. The quantitative estimate of drug-likeness (QED) is 0.429. The van der Waals surface area contributed by atoms with E-state index >= 15 is 0 Å². The normalized spacial score (nSPS) is 14.9. The Labute approximate surface area is 163 Å². The molecular weight excluding hydrogens is 358 g/mol. The summed E-state index contributed by atoms with van der Waals surface area (Å²) in [6.07, 6.45) is 0.684. The molecule has 6 heteroatoms. The lowest BCUT2D eigenvalue weighted by Gasteiger charge is -2.08. The van der Waals surface area contributed by atoms with E-state index < -0.39 is 5.97 Å². The molecule has 3 rings (SSSR count). The molecular formula is C22H23NO5. The van der Waals surface area contributed by atoms with E-state index in [1.807, 2.05) is 31.2 Å². The van der Waals surface area contributed by atoms with Gasteiger partial charge in [0, 0.05) is 17.7 Å². The lowest BCUT2D eigenvalue weighted by atomic mass is 9.99. The van der Waals surface area contributed by atoms with Gasteiger partial charge in [0.05, 0.1) is 12.5 Å². The van der Waals surface area contributed by atoms with Crippen LogP contribution in [0, 0.1) is 6.92 Å². The van der Waals surface area contributed by atoms with Crippen molar-refractivity contribution in [2.45, 2.75) is 32.6 Å². The van der Waals surface area contributed by atoms with E-state index in [0.717, 1.165) is 22.6 Å². The Balaban J connectivity index is 1.40. The molecule has 0 aromatic heterocycles. The molecule has 2 aromatic rings. The van der Waals surface area contributed by atoms with Gasteiger partial charge in [0.15, 0.2) is 12.4 Å². The lowest BCUT2D eigenvalue weighted by Crippen LogP contribution is -2.15. The Morgan fingerprint density at radius 1 is 1.11 bits per heavy atom. The number of carbonyl (C=O) groups is 3. The summed E-state index contributed by atoms with van der Waals surface area (Å²) in [6, 6.07) is 12.7. The first-order valence-corrected chi connectivity index (χ1v) is 9.27. The van der Waals surface area contributed by atoms with Crippen LogP contribution in [0.3, 0.4) is 0 Å². The minimum absolute atomic E-state index is 0.0844. The Bertz CT molecular complexity index is 888. The van der Waals surface area contributed by atoms with Gasteiger partial charge >= 0.3 is 5.97 Å². The van der Waals surface area contributed by atoms with Gasteiger partial charge < -0.3 is 14.8 Å². The van der Waals surface area contributed by atoms with Gasteiger partial charge in [0.1, 0.15) is 5.75 Å². The topological polar surface area (TPSA) is 81.7 Å². The Morgan fingerprint density at radius 3 is 2.61 bits per heavy atom. The van der Waals surface area contributed by atoms with Gasteiger partial charge in [-0.15, -0.1) is 0 Å². The van der Waals surface area contributed by atoms with Crippen molar-refractivity contribution < 1.29 is 23.9 Å². The highest BCUT2D eigenvalue weighted by molar-refractivity contribution is 6.05. The molecule has 0 saturated heterocycles. The number of rotatable bonds is 8. The van der Waals surface area contributed by atoms with Crippen LogP contribution in [0.4, 0.5) is 5.69 Å². The first-order chi connectivity index (χ1) is 13.4. The van der Waals surface area contributed by atoms with Gasteiger partial charge in [-0.3, -0.25) is 14.4 Å². The maximum atomic E-state index is 12.3. The van der Waals surface area contributed by atoms with E-state index in [9.17, 15) is 14.4 Å². The van der Waals surface area contributed by atoms with Gasteiger partial charge in [0.25, 0.3) is 0 Å². The molecule has 1 heterocycles. The summed E-state index contributed by atoms with van der Waals surface area (Å²) in [5.41, 5.74) is 3.09. The number of carbonyl (C=O) groups excluding carboxylic acids is 3. The Kier molecular flexibility index (Phi) is 6.09. The number of hydrogen-bond acceptors (Lipinski definition) is 5. The molecule has 0 bridgehead atoms. The molecule has 1 N–H and O–H groups in total. The predicted molar refractivity (Wildman–Crippen MR) is 105 cm³/mol. The van der Waals surface area contributed by atoms with Crippen molar-refractivity contribution >= 4 is 23.3 Å². The number of nitrogens with one attached hydrogen (secondary N) is 1. The summed E-state index contributed by atoms with van der Waals surface area (Å²) in [5, 5.41) is 2.76. The minimum atomic E-state index is -0.438. The number of anilines is 1. The van der Waals surface area contributed by atoms with Crippen molar-refractivity contribution in [1.29, 1.82) is 0 Å². The third kappa shape index (κ3) is 4.76. The highest BCUT2D eigenvalue weighted by atomic mass is 16.5. The number of benzene rings is 2. The molecule has 0 fully saturated rings. The Morgan fingerprint density at radius 2 is 1.86 bits per heavy atom. The van der Waals surface area contributed by atoms with Gasteiger partial charge in [-0.25, -0.2) is 0 Å². The van der Waals surface area contributed by atoms with Crippen LogP contribution in [-0.2, 0) is 14.3 Å². The smallest absolute Gasteiger partial charge is 0.306 e. The SMILES string of the molecule is Cc1ccc(OCCCC(=O)OCC(=O)c2ccc3c(c2)[C@@H](C)C(=O)N3)cc1. The van der Waals surface area contributed by atoms with Crippen molar-refractivity contribution in [3.63, 3.8) is 0 Å². The standard InChI is InChI=1S/C22H23NO5/c1-14-5-8-17(9-6-14)27-11-3-4-21(25)28-13-20(24)16-7-10-19-18(12-16)15(2)22(26)23-19/h5-10,12,15H,3-4,11,13H2,1-2H3,(H,23,26)/t15-/m1/s1. The van der Waals surface area contributed by atoms with Crippen LogP contribution in [0.1, 0.15) is 47.2 Å². The number of amides is 1. The highest BCUT2D eigenvalue weighted by Gasteiger charge is 2.27. The summed E-state index contributed by atoms with van der Waals surface area (Å²) >= 11 is 0. The van der Waals surface area contributed by atoms with E-state index in [1.54, 1.807) is 25.1 Å². The summed E-state index contributed by atoms with van der Waals surface area (Å²) in [7, 11) is 0. The first-order valence-electron chi connectivity index (χ1n) is 9.27. The van der Waals surface area contributed by atoms with Gasteiger partial charge in [-0.05, 0) is 56.2 Å². The zero-order valence-electron chi connectivity index (χ0n) is 16.0. The van der Waals surface area contributed by atoms with Gasteiger partial charge in [-0.1, -0.05) is 17.7 Å². The zero-order valence-corrected chi connectivity index (χ0v) is 16.0. The van der Waals surface area contributed by atoms with E-state index in [-0.39, 0.29) is 30.6 Å². The molecule has 1 atom stereocenters. The molecule has 0 unspecified atom stereocenters. The summed E-state index contributed by atoms with van der Waals surface area (Å²) < 4.78 is 10.6. The third-order valence-electron chi connectivity index (χ3n) is 4.67. The predicted octanol–water partition coefficient (Wildman–Crippen LogP) is 3.64. The monoisotopic (exact) mass is 381 g/mol. The molecule has 1 aliphatic heterocycles. The van der Waals surface area contributed by atoms with Crippen molar-refractivity contribution in [2.75, 3.05) is 18.5 Å². The van der Waals surface area contributed by atoms with Crippen LogP contribution in [0.5, 0.6) is 5.75 Å². The lowest BCUT2D eigenvalue weighted by molar-refractivity contribution is -0.142. The summed E-state index contributed by atoms with van der Waals surface area (Å²) in [5.74, 6) is -0.350. The van der Waals surface area contributed by atoms with Crippen molar-refractivity contribution in [3.8, 4) is 5.75 Å². The van der Waals surface area contributed by atoms with Crippen LogP contribution in [-0.4, -0.2) is 30.9 Å². The molecule has 2 aromatic carbocycles. The maximum Gasteiger partial charge on any atom is 0.306 e. The number of Topliss-reactive ketones (excluding diaryl/α,β-unsaturated/α-hetero) is 1. The minimum Gasteiger partial charge on any atom is -0.494 e. The van der Waals surface area contributed by atoms with Crippen LogP contribution in [0.25, 0.3) is 0 Å². The molecule has 146 valence electrons. The second-order valence-corrected chi connectivity index (χ2v) is 6.86. The van der Waals surface area contributed by atoms with Crippen molar-refractivity contribution in [2.24, 2.45) is 0 Å². The summed E-state index contributed by atoms with van der Waals surface area (Å²) in [6.45, 7) is 3.87. The first kappa shape index (κ1) is 19.6. The fourth-order valence-electron chi connectivity index (χ4n) is 2.93. The second kappa shape index (κ2) is 8.69. The molecule has 0 saturated carbocycles.